The Morgan fingerprint density at radius 3 is 2.57 bits per heavy atom. The molecule has 0 aliphatic rings. The van der Waals surface area contributed by atoms with Gasteiger partial charge in [-0.1, -0.05) is 42.5 Å². The molecule has 0 aliphatic carbocycles. The van der Waals surface area contributed by atoms with Crippen molar-refractivity contribution in [3.63, 3.8) is 0 Å². The molecule has 21 heavy (non-hydrogen) atoms. The third kappa shape index (κ3) is 8.45. The summed E-state index contributed by atoms with van der Waals surface area (Å²) in [7, 11) is 0. The summed E-state index contributed by atoms with van der Waals surface area (Å²) in [5.74, 6) is 0.986. The van der Waals surface area contributed by atoms with E-state index in [9.17, 15) is 4.79 Å². The van der Waals surface area contributed by atoms with Crippen LogP contribution in [0.4, 0.5) is 4.79 Å². The van der Waals surface area contributed by atoms with Crippen LogP contribution in [0.25, 0.3) is 6.08 Å². The highest BCUT2D eigenvalue weighted by molar-refractivity contribution is 7.98. The molecule has 0 radical (unpaired) electrons. The lowest BCUT2D eigenvalue weighted by Crippen LogP contribution is -2.38. The molecular weight excluding hydrogens is 282 g/mol. The first-order chi connectivity index (χ1) is 9.90. The van der Waals surface area contributed by atoms with Gasteiger partial charge in [0.1, 0.15) is 5.60 Å². The Hall–Kier alpha value is -1.42. The van der Waals surface area contributed by atoms with Crippen LogP contribution in [-0.4, -0.2) is 29.7 Å². The number of thioether (sulfide) groups is 1. The molecule has 0 heterocycles. The second-order valence-corrected chi connectivity index (χ2v) is 6.79. The number of ether oxygens (including phenoxy) is 1. The Balaban J connectivity index is 2.63. The van der Waals surface area contributed by atoms with Crippen molar-refractivity contribution in [1.29, 1.82) is 0 Å². The van der Waals surface area contributed by atoms with Gasteiger partial charge in [-0.25, -0.2) is 4.79 Å². The number of carbonyl (C=O) groups is 1. The maximum atomic E-state index is 11.9. The summed E-state index contributed by atoms with van der Waals surface area (Å²) in [5.41, 5.74) is 0.648. The van der Waals surface area contributed by atoms with Crippen LogP contribution in [0.3, 0.4) is 0 Å². The molecule has 1 aromatic carbocycles. The van der Waals surface area contributed by atoms with Crippen molar-refractivity contribution in [2.24, 2.45) is 0 Å². The number of amides is 1. The van der Waals surface area contributed by atoms with Gasteiger partial charge in [-0.2, -0.15) is 11.8 Å². The van der Waals surface area contributed by atoms with Gasteiger partial charge in [0.05, 0.1) is 6.04 Å². The van der Waals surface area contributed by atoms with E-state index in [0.717, 1.165) is 17.7 Å². The molecule has 0 bridgehead atoms. The third-order valence-corrected chi connectivity index (χ3v) is 3.30. The lowest BCUT2D eigenvalue weighted by Gasteiger charge is -2.22. The highest BCUT2D eigenvalue weighted by atomic mass is 32.2. The molecule has 0 aliphatic heterocycles. The number of benzene rings is 1. The van der Waals surface area contributed by atoms with Crippen molar-refractivity contribution < 1.29 is 9.53 Å². The fraction of sp³-hybridized carbons (Fsp3) is 0.471. The van der Waals surface area contributed by atoms with Gasteiger partial charge in [0.25, 0.3) is 0 Å². The molecule has 1 atom stereocenters. The van der Waals surface area contributed by atoms with Gasteiger partial charge in [-0.3, -0.25) is 0 Å². The van der Waals surface area contributed by atoms with Gasteiger partial charge >= 0.3 is 6.09 Å². The Bertz CT molecular complexity index is 452. The minimum absolute atomic E-state index is 0.0208. The first-order valence-electron chi connectivity index (χ1n) is 7.12. The lowest BCUT2D eigenvalue weighted by atomic mass is 10.1. The molecule has 1 aromatic rings. The van der Waals surface area contributed by atoms with Crippen molar-refractivity contribution in [1.82, 2.24) is 5.32 Å². The van der Waals surface area contributed by atoms with Gasteiger partial charge in [-0.05, 0) is 44.8 Å². The van der Waals surface area contributed by atoms with E-state index < -0.39 is 5.60 Å². The van der Waals surface area contributed by atoms with Crippen LogP contribution in [-0.2, 0) is 4.74 Å². The van der Waals surface area contributed by atoms with E-state index in [0.29, 0.717) is 0 Å². The summed E-state index contributed by atoms with van der Waals surface area (Å²) >= 11 is 1.77. The van der Waals surface area contributed by atoms with Crippen LogP contribution in [0, 0.1) is 0 Å². The van der Waals surface area contributed by atoms with E-state index in [1.165, 1.54) is 0 Å². The van der Waals surface area contributed by atoms with Crippen molar-refractivity contribution in [3.8, 4) is 0 Å². The third-order valence-electron chi connectivity index (χ3n) is 2.66. The number of hydrogen-bond acceptors (Lipinski definition) is 3. The number of hydrogen-bond donors (Lipinski definition) is 1. The van der Waals surface area contributed by atoms with Crippen LogP contribution in [0.15, 0.2) is 36.4 Å². The minimum atomic E-state index is -0.475. The van der Waals surface area contributed by atoms with Crippen molar-refractivity contribution in [3.05, 3.63) is 42.0 Å². The second-order valence-electron chi connectivity index (χ2n) is 5.80. The standard InChI is InChI=1S/C17H25NO2S/c1-17(2,3)20-16(19)18-15(12-13-21-4)11-10-14-8-6-5-7-9-14/h5-11,15H,12-13H2,1-4H3,(H,18,19)/b11-10+. The van der Waals surface area contributed by atoms with Crippen molar-refractivity contribution in [2.75, 3.05) is 12.0 Å². The Kier molecular flexibility index (Phi) is 7.37. The van der Waals surface area contributed by atoms with Crippen LogP contribution >= 0.6 is 11.8 Å². The highest BCUT2D eigenvalue weighted by Gasteiger charge is 2.18. The summed E-state index contributed by atoms with van der Waals surface area (Å²) in [4.78, 5) is 11.9. The largest absolute Gasteiger partial charge is 0.444 e. The van der Waals surface area contributed by atoms with Gasteiger partial charge in [0, 0.05) is 0 Å². The Labute approximate surface area is 132 Å². The van der Waals surface area contributed by atoms with E-state index in [4.69, 9.17) is 4.74 Å². The van der Waals surface area contributed by atoms with Crippen molar-refractivity contribution >= 4 is 23.9 Å². The second kappa shape index (κ2) is 8.78. The average molecular weight is 307 g/mol. The number of carbonyl (C=O) groups excluding carboxylic acids is 1. The number of alkyl carbamates (subject to hydrolysis) is 1. The van der Waals surface area contributed by atoms with Crippen LogP contribution in [0.1, 0.15) is 32.8 Å². The monoisotopic (exact) mass is 307 g/mol. The average Bonchev–Trinajstić information content (AvgIpc) is 2.41. The van der Waals surface area contributed by atoms with E-state index in [1.807, 2.05) is 63.3 Å². The molecular formula is C17H25NO2S. The van der Waals surface area contributed by atoms with Crippen LogP contribution < -0.4 is 5.32 Å². The molecule has 1 N–H and O–H groups in total. The fourth-order valence-corrected chi connectivity index (χ4v) is 2.20. The maximum Gasteiger partial charge on any atom is 0.408 e. The first-order valence-corrected chi connectivity index (χ1v) is 8.52. The molecule has 4 heteroatoms. The van der Waals surface area contributed by atoms with E-state index in [1.54, 1.807) is 11.8 Å². The van der Waals surface area contributed by atoms with Crippen LogP contribution in [0.5, 0.6) is 0 Å². The van der Waals surface area contributed by atoms with Gasteiger partial charge in [0.15, 0.2) is 0 Å². The molecule has 0 spiro atoms. The quantitative estimate of drug-likeness (QED) is 0.849. The highest BCUT2D eigenvalue weighted by Crippen LogP contribution is 2.10. The number of rotatable bonds is 6. The lowest BCUT2D eigenvalue weighted by molar-refractivity contribution is 0.0514. The van der Waals surface area contributed by atoms with Gasteiger partial charge in [-0.15, -0.1) is 0 Å². The van der Waals surface area contributed by atoms with E-state index in [-0.39, 0.29) is 12.1 Å². The summed E-state index contributed by atoms with van der Waals surface area (Å²) in [6.45, 7) is 5.59. The molecule has 1 unspecified atom stereocenters. The number of nitrogens with one attached hydrogen (secondary N) is 1. The van der Waals surface area contributed by atoms with Gasteiger partial charge in [0.2, 0.25) is 0 Å². The predicted octanol–water partition coefficient (Wildman–Crippen LogP) is 4.35. The SMILES string of the molecule is CSCCC(/C=C/c1ccccc1)NC(=O)OC(C)(C)C. The molecule has 0 aromatic heterocycles. The maximum absolute atomic E-state index is 11.9. The predicted molar refractivity (Wildman–Crippen MR) is 91.6 cm³/mol. The van der Waals surface area contributed by atoms with Crippen molar-refractivity contribution in [2.45, 2.75) is 38.8 Å². The zero-order chi connectivity index (χ0) is 15.7. The van der Waals surface area contributed by atoms with E-state index >= 15 is 0 Å². The zero-order valence-electron chi connectivity index (χ0n) is 13.3. The molecule has 1 rings (SSSR count). The topological polar surface area (TPSA) is 38.3 Å². The van der Waals surface area contributed by atoms with Gasteiger partial charge < -0.3 is 10.1 Å². The molecule has 3 nitrogen and oxygen atoms in total. The molecule has 0 fully saturated rings. The molecule has 0 saturated carbocycles. The molecule has 116 valence electrons. The molecule has 1 amide bonds. The molecule has 0 saturated heterocycles. The van der Waals surface area contributed by atoms with Crippen LogP contribution in [0.2, 0.25) is 0 Å². The zero-order valence-corrected chi connectivity index (χ0v) is 14.1. The summed E-state index contributed by atoms with van der Waals surface area (Å²) in [6, 6.07) is 10.0. The fourth-order valence-electron chi connectivity index (χ4n) is 1.71. The summed E-state index contributed by atoms with van der Waals surface area (Å²) < 4.78 is 5.31. The summed E-state index contributed by atoms with van der Waals surface area (Å²) in [6.07, 6.45) is 6.62. The normalized spacial score (nSPS) is 13.1. The first kappa shape index (κ1) is 17.6. The Morgan fingerprint density at radius 1 is 1.33 bits per heavy atom. The summed E-state index contributed by atoms with van der Waals surface area (Å²) in [5, 5.41) is 2.92. The van der Waals surface area contributed by atoms with E-state index in [2.05, 4.69) is 11.6 Å². The smallest absolute Gasteiger partial charge is 0.408 e. The Morgan fingerprint density at radius 2 is 2.00 bits per heavy atom. The minimum Gasteiger partial charge on any atom is -0.444 e.